The predicted molar refractivity (Wildman–Crippen MR) is 76.3 cm³/mol. The first kappa shape index (κ1) is 13.5. The van der Waals surface area contributed by atoms with E-state index in [1.54, 1.807) is 30.6 Å². The summed E-state index contributed by atoms with van der Waals surface area (Å²) in [6, 6.07) is 5.31. The number of aromatic hydroxyl groups is 1. The zero-order valence-electron chi connectivity index (χ0n) is 11.3. The first-order valence-corrected chi connectivity index (χ1v) is 6.89. The van der Waals surface area contributed by atoms with E-state index in [9.17, 15) is 5.11 Å². The maximum absolute atomic E-state index is 9.72. The lowest BCUT2D eigenvalue weighted by Crippen LogP contribution is -2.36. The summed E-state index contributed by atoms with van der Waals surface area (Å²) >= 11 is 1.64. The molecule has 1 aromatic carbocycles. The van der Waals surface area contributed by atoms with E-state index in [1.165, 1.54) is 0 Å². The second-order valence-electron chi connectivity index (χ2n) is 4.01. The molecule has 0 aliphatic rings. The van der Waals surface area contributed by atoms with Crippen molar-refractivity contribution in [3.05, 3.63) is 33.8 Å². The second-order valence-corrected chi connectivity index (χ2v) is 5.22. The number of phenols is 1. The number of benzene rings is 1. The molecule has 1 N–H and O–H groups in total. The molecular weight excluding hydrogens is 260 g/mol. The molecule has 2 rings (SSSR count). The minimum absolute atomic E-state index is 0.147. The fourth-order valence-corrected chi connectivity index (χ4v) is 2.70. The van der Waals surface area contributed by atoms with E-state index in [1.807, 2.05) is 29.8 Å². The second kappa shape index (κ2) is 5.84. The number of nitrogens with zero attached hydrogens (tertiary/aromatic N) is 2. The van der Waals surface area contributed by atoms with E-state index in [0.717, 1.165) is 22.1 Å². The van der Waals surface area contributed by atoms with Crippen LogP contribution in [0.4, 0.5) is 0 Å². The van der Waals surface area contributed by atoms with Crippen molar-refractivity contribution in [2.75, 3.05) is 7.11 Å². The van der Waals surface area contributed by atoms with Gasteiger partial charge in [0, 0.05) is 16.7 Å². The van der Waals surface area contributed by atoms with Crippen LogP contribution in [0.15, 0.2) is 18.2 Å². The normalized spacial score (nSPS) is 11.1. The molecule has 0 saturated carbocycles. The zero-order valence-corrected chi connectivity index (χ0v) is 12.1. The van der Waals surface area contributed by atoms with Gasteiger partial charge in [-0.1, -0.05) is 16.8 Å². The molecule has 0 bridgehead atoms. The Labute approximate surface area is 116 Å². The number of aryl methyl sites for hydroxylation is 2. The summed E-state index contributed by atoms with van der Waals surface area (Å²) in [4.78, 5) is 0. The minimum Gasteiger partial charge on any atom is -0.504 e. The van der Waals surface area contributed by atoms with Gasteiger partial charge < -0.3 is 9.84 Å². The van der Waals surface area contributed by atoms with Crippen LogP contribution in [0.2, 0.25) is 0 Å². The number of ether oxygens (including phenoxy) is 1. The van der Waals surface area contributed by atoms with Crippen molar-refractivity contribution in [1.29, 1.82) is 0 Å². The van der Waals surface area contributed by atoms with E-state index in [2.05, 4.69) is 12.0 Å². The third-order valence-electron chi connectivity index (χ3n) is 2.70. The van der Waals surface area contributed by atoms with Crippen LogP contribution in [0, 0.1) is 6.92 Å². The molecule has 100 valence electrons. The van der Waals surface area contributed by atoms with Gasteiger partial charge in [-0.05, 0) is 37.3 Å². The van der Waals surface area contributed by atoms with Gasteiger partial charge in [0.2, 0.25) is 0 Å². The van der Waals surface area contributed by atoms with Crippen molar-refractivity contribution in [2.24, 2.45) is 0 Å². The molecule has 0 fully saturated rings. The van der Waals surface area contributed by atoms with E-state index in [0.29, 0.717) is 5.75 Å². The van der Waals surface area contributed by atoms with Crippen LogP contribution >= 0.6 is 11.3 Å². The Morgan fingerprint density at radius 1 is 1.42 bits per heavy atom. The van der Waals surface area contributed by atoms with Gasteiger partial charge in [-0.15, -0.1) is 0 Å². The summed E-state index contributed by atoms with van der Waals surface area (Å²) in [6.07, 6.45) is 3.92. The Morgan fingerprint density at radius 3 is 2.89 bits per heavy atom. The van der Waals surface area contributed by atoms with E-state index >= 15 is 0 Å². The summed E-state index contributed by atoms with van der Waals surface area (Å²) in [6.45, 7) is 4.88. The standard InChI is InChI=1S/C14H16N2O2S/c1-4-16-13(19-10(2)15-16)9-8-11-6-5-7-12(17)14(11)18-3/h5-9H,4H2,1-3H3/p+1. The van der Waals surface area contributed by atoms with Crippen LogP contribution in [0.3, 0.4) is 0 Å². The van der Waals surface area contributed by atoms with Crippen LogP contribution < -0.4 is 9.42 Å². The average molecular weight is 277 g/mol. The number of hydrogen-bond donors (Lipinski definition) is 1. The predicted octanol–water partition coefficient (Wildman–Crippen LogP) is 2.64. The molecule has 0 radical (unpaired) electrons. The van der Waals surface area contributed by atoms with Crippen molar-refractivity contribution < 1.29 is 14.5 Å². The van der Waals surface area contributed by atoms with Gasteiger partial charge in [-0.2, -0.15) is 0 Å². The van der Waals surface area contributed by atoms with Crippen LogP contribution in [-0.2, 0) is 6.54 Å². The summed E-state index contributed by atoms with van der Waals surface area (Å²) in [5.74, 6) is 0.636. The molecular formula is C14H17N2O2S+. The zero-order chi connectivity index (χ0) is 13.8. The van der Waals surface area contributed by atoms with Crippen LogP contribution in [0.25, 0.3) is 12.2 Å². The number of para-hydroxylation sites is 1. The molecule has 4 nitrogen and oxygen atoms in total. The van der Waals surface area contributed by atoms with E-state index in [-0.39, 0.29) is 5.75 Å². The molecule has 0 aliphatic heterocycles. The van der Waals surface area contributed by atoms with Crippen LogP contribution in [0.5, 0.6) is 11.5 Å². The van der Waals surface area contributed by atoms with Gasteiger partial charge >= 0.3 is 0 Å². The molecule has 0 amide bonds. The average Bonchev–Trinajstić information content (AvgIpc) is 2.76. The SMILES string of the molecule is CC[n+]1nc(C)sc1C=Cc1cccc(O)c1OC. The summed E-state index contributed by atoms with van der Waals surface area (Å²) in [7, 11) is 1.55. The fourth-order valence-electron chi connectivity index (χ4n) is 1.85. The van der Waals surface area contributed by atoms with Gasteiger partial charge in [0.1, 0.15) is 0 Å². The molecule has 0 saturated heterocycles. The monoisotopic (exact) mass is 277 g/mol. The molecule has 1 heterocycles. The Hall–Kier alpha value is -1.88. The molecule has 0 spiro atoms. The number of methoxy groups -OCH3 is 1. The number of phenolic OH excluding ortho intramolecular Hbond substituents is 1. The van der Waals surface area contributed by atoms with Crippen molar-refractivity contribution >= 4 is 23.5 Å². The van der Waals surface area contributed by atoms with Gasteiger partial charge in [-0.3, -0.25) is 0 Å². The molecule has 0 unspecified atom stereocenters. The fraction of sp³-hybridized carbons (Fsp3) is 0.286. The molecule has 1 aromatic heterocycles. The highest BCUT2D eigenvalue weighted by molar-refractivity contribution is 7.11. The van der Waals surface area contributed by atoms with Crippen LogP contribution in [0.1, 0.15) is 22.5 Å². The first-order valence-electron chi connectivity index (χ1n) is 6.07. The summed E-state index contributed by atoms with van der Waals surface area (Å²) in [5, 5.41) is 16.2. The molecule has 2 aromatic rings. The Kier molecular flexibility index (Phi) is 4.16. The van der Waals surface area contributed by atoms with Crippen LogP contribution in [-0.4, -0.2) is 17.3 Å². The number of hydrogen-bond acceptors (Lipinski definition) is 4. The van der Waals surface area contributed by atoms with Gasteiger partial charge in [0.05, 0.1) is 7.11 Å². The molecule has 19 heavy (non-hydrogen) atoms. The lowest BCUT2D eigenvalue weighted by atomic mass is 10.1. The third-order valence-corrected chi connectivity index (χ3v) is 3.64. The highest BCUT2D eigenvalue weighted by Crippen LogP contribution is 2.30. The smallest absolute Gasteiger partial charge is 0.289 e. The summed E-state index contributed by atoms with van der Waals surface area (Å²) in [5.41, 5.74) is 0.844. The van der Waals surface area contributed by atoms with E-state index < -0.39 is 0 Å². The topological polar surface area (TPSA) is 46.2 Å². The molecule has 0 atom stereocenters. The Balaban J connectivity index is 2.35. The van der Waals surface area contributed by atoms with Gasteiger partial charge in [0.25, 0.3) is 5.01 Å². The molecule has 0 aliphatic carbocycles. The largest absolute Gasteiger partial charge is 0.504 e. The van der Waals surface area contributed by atoms with E-state index in [4.69, 9.17) is 4.74 Å². The minimum atomic E-state index is 0.147. The Morgan fingerprint density at radius 2 is 2.21 bits per heavy atom. The highest BCUT2D eigenvalue weighted by atomic mass is 32.1. The third kappa shape index (κ3) is 2.93. The molecule has 5 heteroatoms. The first-order chi connectivity index (χ1) is 9.15. The highest BCUT2D eigenvalue weighted by Gasteiger charge is 2.13. The van der Waals surface area contributed by atoms with Crippen molar-refractivity contribution in [3.63, 3.8) is 0 Å². The lowest BCUT2D eigenvalue weighted by molar-refractivity contribution is -0.747. The maximum Gasteiger partial charge on any atom is 0.289 e. The van der Waals surface area contributed by atoms with Crippen molar-refractivity contribution in [1.82, 2.24) is 5.10 Å². The quantitative estimate of drug-likeness (QED) is 0.874. The lowest BCUT2D eigenvalue weighted by Gasteiger charge is -2.05. The van der Waals surface area contributed by atoms with Crippen molar-refractivity contribution in [2.45, 2.75) is 20.4 Å². The number of rotatable bonds is 4. The van der Waals surface area contributed by atoms with Gasteiger partial charge in [-0.25, -0.2) is 0 Å². The Bertz CT molecular complexity index is 605. The van der Waals surface area contributed by atoms with Gasteiger partial charge in [0.15, 0.2) is 23.1 Å². The summed E-state index contributed by atoms with van der Waals surface area (Å²) < 4.78 is 7.16. The number of aromatic nitrogens is 2. The van der Waals surface area contributed by atoms with Crippen molar-refractivity contribution in [3.8, 4) is 11.5 Å². The maximum atomic E-state index is 9.72.